The fraction of sp³-hybridized carbons (Fsp3) is 0.400. The fourth-order valence-electron chi connectivity index (χ4n) is 2.05. The molecule has 0 aliphatic heterocycles. The van der Waals surface area contributed by atoms with Crippen molar-refractivity contribution in [3.63, 3.8) is 0 Å². The molecular formula is C20H31NO2. The number of para-hydroxylation sites is 2. The van der Waals surface area contributed by atoms with E-state index in [-0.39, 0.29) is 0 Å². The van der Waals surface area contributed by atoms with Gasteiger partial charge in [0.25, 0.3) is 0 Å². The number of rotatable bonds is 5. The van der Waals surface area contributed by atoms with Gasteiger partial charge in [0.2, 0.25) is 0 Å². The van der Waals surface area contributed by atoms with Crippen LogP contribution in [0.2, 0.25) is 0 Å². The lowest BCUT2D eigenvalue weighted by Gasteiger charge is -2.21. The molecule has 0 aliphatic rings. The molecule has 0 heterocycles. The first kappa shape index (κ1) is 21.0. The zero-order valence-electron chi connectivity index (χ0n) is 15.1. The van der Waals surface area contributed by atoms with Crippen molar-refractivity contribution in [3.8, 4) is 11.5 Å². The van der Waals surface area contributed by atoms with Gasteiger partial charge >= 0.3 is 0 Å². The topological polar surface area (TPSA) is 43.7 Å². The third-order valence-electron chi connectivity index (χ3n) is 3.22. The van der Waals surface area contributed by atoms with E-state index in [2.05, 4.69) is 11.8 Å². The number of phenolic OH excluding ortho intramolecular Hbond substituents is 2. The predicted octanol–water partition coefficient (Wildman–Crippen LogP) is 5.17. The molecule has 0 bridgehead atoms. The van der Waals surface area contributed by atoms with Crippen LogP contribution in [0.5, 0.6) is 11.5 Å². The van der Waals surface area contributed by atoms with Crippen molar-refractivity contribution in [1.29, 1.82) is 0 Å². The van der Waals surface area contributed by atoms with E-state index in [9.17, 15) is 10.2 Å². The Hall–Kier alpha value is -2.00. The van der Waals surface area contributed by atoms with E-state index in [0.717, 1.165) is 17.7 Å². The lowest BCUT2D eigenvalue weighted by atomic mass is 10.1. The van der Waals surface area contributed by atoms with Crippen LogP contribution in [0.15, 0.2) is 48.5 Å². The third-order valence-corrected chi connectivity index (χ3v) is 3.22. The Morgan fingerprint density at radius 2 is 1.04 bits per heavy atom. The van der Waals surface area contributed by atoms with Gasteiger partial charge in [-0.3, -0.25) is 4.90 Å². The number of benzene rings is 2. The number of hydrogen-bond acceptors (Lipinski definition) is 3. The summed E-state index contributed by atoms with van der Waals surface area (Å²) in [6.07, 6.45) is 0. The van der Waals surface area contributed by atoms with Gasteiger partial charge in [0.05, 0.1) is 0 Å². The summed E-state index contributed by atoms with van der Waals surface area (Å²) >= 11 is 0. The molecule has 0 fully saturated rings. The van der Waals surface area contributed by atoms with E-state index in [1.807, 2.05) is 64.1 Å². The van der Waals surface area contributed by atoms with Crippen LogP contribution in [0, 0.1) is 0 Å². The number of aromatic hydroxyl groups is 2. The highest BCUT2D eigenvalue weighted by Gasteiger charge is 2.09. The Morgan fingerprint density at radius 1 is 0.696 bits per heavy atom. The summed E-state index contributed by atoms with van der Waals surface area (Å²) in [6, 6.07) is 14.7. The van der Waals surface area contributed by atoms with Crippen molar-refractivity contribution < 1.29 is 10.2 Å². The van der Waals surface area contributed by atoms with Gasteiger partial charge < -0.3 is 10.2 Å². The minimum absolute atomic E-state index is 0.318. The van der Waals surface area contributed by atoms with Gasteiger partial charge in [0, 0.05) is 24.2 Å². The Balaban J connectivity index is 0.00000112. The molecule has 2 aromatic carbocycles. The van der Waals surface area contributed by atoms with Crippen molar-refractivity contribution in [3.05, 3.63) is 59.7 Å². The van der Waals surface area contributed by atoms with Crippen LogP contribution >= 0.6 is 0 Å². The number of phenols is 2. The summed E-state index contributed by atoms with van der Waals surface area (Å²) in [5.41, 5.74) is 1.81. The first-order valence-electron chi connectivity index (χ1n) is 8.46. The molecule has 0 saturated carbocycles. The summed E-state index contributed by atoms with van der Waals surface area (Å²) in [5.74, 6) is 0.636. The average Bonchev–Trinajstić information content (AvgIpc) is 2.61. The minimum atomic E-state index is 0.318. The molecule has 128 valence electrons. The van der Waals surface area contributed by atoms with E-state index in [0.29, 0.717) is 24.6 Å². The molecule has 0 aromatic heterocycles. The van der Waals surface area contributed by atoms with Gasteiger partial charge in [-0.25, -0.2) is 0 Å². The van der Waals surface area contributed by atoms with Gasteiger partial charge in [0.15, 0.2) is 0 Å². The molecule has 2 aromatic rings. The van der Waals surface area contributed by atoms with Gasteiger partial charge in [-0.15, -0.1) is 0 Å². The van der Waals surface area contributed by atoms with Crippen LogP contribution in [-0.4, -0.2) is 21.7 Å². The molecule has 0 amide bonds. The molecule has 0 atom stereocenters. The number of hydrogen-bond donors (Lipinski definition) is 2. The summed E-state index contributed by atoms with van der Waals surface area (Å²) in [7, 11) is 0. The highest BCUT2D eigenvalue weighted by molar-refractivity contribution is 5.33. The summed E-state index contributed by atoms with van der Waals surface area (Å²) in [5, 5.41) is 19.6. The van der Waals surface area contributed by atoms with Crippen molar-refractivity contribution >= 4 is 0 Å². The van der Waals surface area contributed by atoms with E-state index < -0.39 is 0 Å². The van der Waals surface area contributed by atoms with Crippen LogP contribution in [0.1, 0.15) is 45.7 Å². The van der Waals surface area contributed by atoms with Crippen molar-refractivity contribution in [1.82, 2.24) is 4.90 Å². The highest BCUT2D eigenvalue weighted by Crippen LogP contribution is 2.21. The van der Waals surface area contributed by atoms with Crippen LogP contribution in [0.4, 0.5) is 0 Å². The SMILES string of the molecule is CC.CC.CCN(Cc1ccccc1O)Cc1ccccc1O. The zero-order valence-corrected chi connectivity index (χ0v) is 15.1. The van der Waals surface area contributed by atoms with Crippen molar-refractivity contribution in [2.75, 3.05) is 6.54 Å². The first-order valence-corrected chi connectivity index (χ1v) is 8.46. The third kappa shape index (κ3) is 7.20. The van der Waals surface area contributed by atoms with Crippen LogP contribution in [0.3, 0.4) is 0 Å². The monoisotopic (exact) mass is 317 g/mol. The lowest BCUT2D eigenvalue weighted by Crippen LogP contribution is -2.22. The van der Waals surface area contributed by atoms with E-state index in [1.165, 1.54) is 0 Å². The smallest absolute Gasteiger partial charge is 0.120 e. The maximum atomic E-state index is 9.80. The molecule has 0 radical (unpaired) electrons. The van der Waals surface area contributed by atoms with Crippen molar-refractivity contribution in [2.24, 2.45) is 0 Å². The first-order chi connectivity index (χ1) is 11.2. The normalized spacial score (nSPS) is 9.48. The second-order valence-corrected chi connectivity index (χ2v) is 4.56. The Labute approximate surface area is 141 Å². The molecule has 0 saturated heterocycles. The predicted molar refractivity (Wildman–Crippen MR) is 98.7 cm³/mol. The maximum absolute atomic E-state index is 9.80. The van der Waals surface area contributed by atoms with E-state index in [1.54, 1.807) is 12.1 Å². The van der Waals surface area contributed by atoms with E-state index >= 15 is 0 Å². The molecule has 0 aliphatic carbocycles. The second-order valence-electron chi connectivity index (χ2n) is 4.56. The van der Waals surface area contributed by atoms with Crippen molar-refractivity contribution in [2.45, 2.75) is 47.7 Å². The summed E-state index contributed by atoms with van der Waals surface area (Å²) < 4.78 is 0. The Kier molecular flexibility index (Phi) is 11.4. The molecule has 23 heavy (non-hydrogen) atoms. The van der Waals surface area contributed by atoms with Gasteiger partial charge in [-0.1, -0.05) is 71.0 Å². The molecule has 3 nitrogen and oxygen atoms in total. The molecular weight excluding hydrogens is 286 g/mol. The molecule has 2 N–H and O–H groups in total. The second kappa shape index (κ2) is 12.5. The van der Waals surface area contributed by atoms with Crippen LogP contribution in [0.25, 0.3) is 0 Å². The van der Waals surface area contributed by atoms with E-state index in [4.69, 9.17) is 0 Å². The lowest BCUT2D eigenvalue weighted by molar-refractivity contribution is 0.263. The average molecular weight is 317 g/mol. The van der Waals surface area contributed by atoms with Gasteiger partial charge in [0.1, 0.15) is 11.5 Å². The minimum Gasteiger partial charge on any atom is -0.508 e. The standard InChI is InChI=1S/C16H19NO2.2C2H6/c1-2-17(11-13-7-3-5-9-15(13)18)12-14-8-4-6-10-16(14)19;2*1-2/h3-10,18-19H,2,11-12H2,1H3;2*1-2H3. The Bertz CT molecular complexity index is 493. The maximum Gasteiger partial charge on any atom is 0.120 e. The molecule has 0 unspecified atom stereocenters. The zero-order chi connectivity index (χ0) is 17.7. The fourth-order valence-corrected chi connectivity index (χ4v) is 2.05. The quantitative estimate of drug-likeness (QED) is 0.799. The summed E-state index contributed by atoms with van der Waals surface area (Å²) in [6.45, 7) is 12.2. The molecule has 0 spiro atoms. The van der Waals surface area contributed by atoms with Crippen LogP contribution in [-0.2, 0) is 13.1 Å². The largest absolute Gasteiger partial charge is 0.508 e. The van der Waals surface area contributed by atoms with Gasteiger partial charge in [-0.2, -0.15) is 0 Å². The van der Waals surface area contributed by atoms with Crippen LogP contribution < -0.4 is 0 Å². The molecule has 2 rings (SSSR count). The molecule has 3 heteroatoms. The summed E-state index contributed by atoms with van der Waals surface area (Å²) in [4.78, 5) is 2.17. The Morgan fingerprint density at radius 3 is 1.35 bits per heavy atom. The van der Waals surface area contributed by atoms with Gasteiger partial charge in [-0.05, 0) is 18.7 Å². The highest BCUT2D eigenvalue weighted by atomic mass is 16.3. The number of nitrogens with zero attached hydrogens (tertiary/aromatic N) is 1.